The Kier molecular flexibility index (Phi) is 3.18. The number of carboxylic acid groups (broad SMARTS) is 1. The van der Waals surface area contributed by atoms with E-state index in [0.717, 1.165) is 11.3 Å². The van der Waals surface area contributed by atoms with E-state index in [0.29, 0.717) is 13.0 Å². The molecule has 2 aromatic heterocycles. The molecule has 0 atom stereocenters. The van der Waals surface area contributed by atoms with Gasteiger partial charge in [0.05, 0.1) is 6.54 Å². The van der Waals surface area contributed by atoms with E-state index in [1.165, 1.54) is 6.07 Å². The lowest BCUT2D eigenvalue weighted by Gasteiger charge is -2.08. The molecular weight excluding hydrogens is 218 g/mol. The van der Waals surface area contributed by atoms with Crippen LogP contribution in [0.5, 0.6) is 0 Å². The van der Waals surface area contributed by atoms with Crippen LogP contribution in [0.4, 0.5) is 0 Å². The van der Waals surface area contributed by atoms with Gasteiger partial charge in [0.25, 0.3) is 0 Å². The van der Waals surface area contributed by atoms with E-state index in [9.17, 15) is 4.79 Å². The molecule has 0 fully saturated rings. The molecule has 0 spiro atoms. The van der Waals surface area contributed by atoms with Gasteiger partial charge in [-0.1, -0.05) is 13.0 Å². The van der Waals surface area contributed by atoms with Crippen molar-refractivity contribution in [1.29, 1.82) is 0 Å². The van der Waals surface area contributed by atoms with Gasteiger partial charge in [-0.3, -0.25) is 4.68 Å². The highest BCUT2D eigenvalue weighted by Gasteiger charge is 2.09. The Morgan fingerprint density at radius 3 is 2.88 bits per heavy atom. The van der Waals surface area contributed by atoms with Crippen LogP contribution < -0.4 is 0 Å². The SMILES string of the molecule is CCc1nc(C(=O)O)ccc1Cn1cccn1. The van der Waals surface area contributed by atoms with E-state index in [1.54, 1.807) is 16.9 Å². The van der Waals surface area contributed by atoms with Gasteiger partial charge in [-0.2, -0.15) is 5.10 Å². The molecule has 2 aromatic rings. The highest BCUT2D eigenvalue weighted by molar-refractivity contribution is 5.85. The summed E-state index contributed by atoms with van der Waals surface area (Å²) in [7, 11) is 0. The summed E-state index contributed by atoms with van der Waals surface area (Å²) in [6.45, 7) is 2.57. The van der Waals surface area contributed by atoms with E-state index < -0.39 is 5.97 Å². The molecule has 0 unspecified atom stereocenters. The van der Waals surface area contributed by atoms with Crippen LogP contribution >= 0.6 is 0 Å². The van der Waals surface area contributed by atoms with E-state index in [2.05, 4.69) is 10.1 Å². The molecule has 17 heavy (non-hydrogen) atoms. The van der Waals surface area contributed by atoms with Crippen molar-refractivity contribution in [3.8, 4) is 0 Å². The number of carboxylic acids is 1. The fraction of sp³-hybridized carbons (Fsp3) is 0.250. The molecule has 2 heterocycles. The molecular formula is C12H13N3O2. The zero-order valence-electron chi connectivity index (χ0n) is 9.50. The van der Waals surface area contributed by atoms with E-state index >= 15 is 0 Å². The van der Waals surface area contributed by atoms with E-state index in [4.69, 9.17) is 5.11 Å². The Bertz CT molecular complexity index is 521. The molecule has 88 valence electrons. The average Bonchev–Trinajstić information content (AvgIpc) is 2.82. The van der Waals surface area contributed by atoms with E-state index in [-0.39, 0.29) is 5.69 Å². The van der Waals surface area contributed by atoms with Gasteiger partial charge in [-0.05, 0) is 24.1 Å². The largest absolute Gasteiger partial charge is 0.477 e. The molecule has 5 heteroatoms. The summed E-state index contributed by atoms with van der Waals surface area (Å²) in [6.07, 6.45) is 4.28. The molecule has 5 nitrogen and oxygen atoms in total. The molecule has 0 aromatic carbocycles. The van der Waals surface area contributed by atoms with E-state index in [1.807, 2.05) is 19.2 Å². The van der Waals surface area contributed by atoms with Crippen molar-refractivity contribution in [2.24, 2.45) is 0 Å². The van der Waals surface area contributed by atoms with Gasteiger partial charge in [-0.15, -0.1) is 0 Å². The van der Waals surface area contributed by atoms with Gasteiger partial charge in [-0.25, -0.2) is 9.78 Å². The predicted molar refractivity (Wildman–Crippen MR) is 61.9 cm³/mol. The maximum atomic E-state index is 10.8. The van der Waals surface area contributed by atoms with Crippen molar-refractivity contribution in [2.75, 3.05) is 0 Å². The quantitative estimate of drug-likeness (QED) is 0.867. The number of aromatic carboxylic acids is 1. The Hall–Kier alpha value is -2.17. The zero-order chi connectivity index (χ0) is 12.3. The molecule has 0 aliphatic rings. The fourth-order valence-electron chi connectivity index (χ4n) is 1.67. The zero-order valence-corrected chi connectivity index (χ0v) is 9.50. The third-order valence-corrected chi connectivity index (χ3v) is 2.51. The molecule has 0 saturated carbocycles. The number of nitrogens with zero attached hydrogens (tertiary/aromatic N) is 3. The van der Waals surface area contributed by atoms with Crippen molar-refractivity contribution >= 4 is 5.97 Å². The number of carbonyl (C=O) groups is 1. The average molecular weight is 231 g/mol. The second kappa shape index (κ2) is 4.78. The van der Waals surface area contributed by atoms with Gasteiger partial charge < -0.3 is 5.11 Å². The predicted octanol–water partition coefficient (Wildman–Crippen LogP) is 1.59. The van der Waals surface area contributed by atoms with Crippen LogP contribution in [0.25, 0.3) is 0 Å². The van der Waals surface area contributed by atoms with Crippen molar-refractivity contribution in [2.45, 2.75) is 19.9 Å². The monoisotopic (exact) mass is 231 g/mol. The van der Waals surface area contributed by atoms with Gasteiger partial charge >= 0.3 is 5.97 Å². The molecule has 0 bridgehead atoms. The lowest BCUT2D eigenvalue weighted by atomic mass is 10.1. The molecule has 0 aliphatic heterocycles. The first-order valence-electron chi connectivity index (χ1n) is 5.40. The third kappa shape index (κ3) is 2.50. The number of pyridine rings is 1. The summed E-state index contributed by atoms with van der Waals surface area (Å²) in [5.41, 5.74) is 1.90. The number of aryl methyl sites for hydroxylation is 1. The second-order valence-corrected chi connectivity index (χ2v) is 3.66. The van der Waals surface area contributed by atoms with Gasteiger partial charge in [0, 0.05) is 18.1 Å². The minimum absolute atomic E-state index is 0.0889. The first kappa shape index (κ1) is 11.3. The Morgan fingerprint density at radius 2 is 2.29 bits per heavy atom. The fourth-order valence-corrected chi connectivity index (χ4v) is 1.67. The topological polar surface area (TPSA) is 68.0 Å². The van der Waals surface area contributed by atoms with Crippen LogP contribution in [0, 0.1) is 0 Å². The Labute approximate surface area is 98.7 Å². The van der Waals surface area contributed by atoms with Gasteiger partial charge in [0.1, 0.15) is 5.69 Å². The highest BCUT2D eigenvalue weighted by atomic mass is 16.4. The van der Waals surface area contributed by atoms with Crippen molar-refractivity contribution in [3.63, 3.8) is 0 Å². The summed E-state index contributed by atoms with van der Waals surface area (Å²) in [5, 5.41) is 13.0. The van der Waals surface area contributed by atoms with Crippen LogP contribution in [0.3, 0.4) is 0 Å². The minimum atomic E-state index is -0.995. The lowest BCUT2D eigenvalue weighted by Crippen LogP contribution is -2.08. The summed E-state index contributed by atoms with van der Waals surface area (Å²) < 4.78 is 1.79. The molecule has 0 saturated heterocycles. The summed E-state index contributed by atoms with van der Waals surface area (Å²) in [4.78, 5) is 14.9. The highest BCUT2D eigenvalue weighted by Crippen LogP contribution is 2.10. The molecule has 1 N–H and O–H groups in total. The summed E-state index contributed by atoms with van der Waals surface area (Å²) in [6, 6.07) is 5.18. The van der Waals surface area contributed by atoms with Crippen LogP contribution in [-0.2, 0) is 13.0 Å². The number of rotatable bonds is 4. The lowest BCUT2D eigenvalue weighted by molar-refractivity contribution is 0.0690. The third-order valence-electron chi connectivity index (χ3n) is 2.51. The molecule has 0 aliphatic carbocycles. The van der Waals surface area contributed by atoms with Crippen LogP contribution in [0.1, 0.15) is 28.7 Å². The second-order valence-electron chi connectivity index (χ2n) is 3.66. The van der Waals surface area contributed by atoms with Gasteiger partial charge in [0.2, 0.25) is 0 Å². The standard InChI is InChI=1S/C12H13N3O2/c1-2-10-9(8-15-7-3-6-13-15)4-5-11(14-10)12(16)17/h3-7H,2,8H2,1H3,(H,16,17). The number of hydrogen-bond donors (Lipinski definition) is 1. The maximum Gasteiger partial charge on any atom is 0.354 e. The molecule has 2 rings (SSSR count). The first-order valence-corrected chi connectivity index (χ1v) is 5.40. The maximum absolute atomic E-state index is 10.8. The smallest absolute Gasteiger partial charge is 0.354 e. The van der Waals surface area contributed by atoms with Crippen molar-refractivity contribution in [3.05, 3.63) is 47.5 Å². The molecule has 0 radical (unpaired) electrons. The van der Waals surface area contributed by atoms with Gasteiger partial charge in [0.15, 0.2) is 0 Å². The number of aromatic nitrogens is 3. The minimum Gasteiger partial charge on any atom is -0.477 e. The van der Waals surface area contributed by atoms with Crippen LogP contribution in [-0.4, -0.2) is 25.8 Å². The van der Waals surface area contributed by atoms with Crippen molar-refractivity contribution < 1.29 is 9.90 Å². The Morgan fingerprint density at radius 1 is 1.47 bits per heavy atom. The van der Waals surface area contributed by atoms with Crippen LogP contribution in [0.2, 0.25) is 0 Å². The normalized spacial score (nSPS) is 10.4. The Balaban J connectivity index is 2.31. The first-order chi connectivity index (χ1) is 8.20. The van der Waals surface area contributed by atoms with Crippen LogP contribution in [0.15, 0.2) is 30.6 Å². The summed E-state index contributed by atoms with van der Waals surface area (Å²) >= 11 is 0. The summed E-state index contributed by atoms with van der Waals surface area (Å²) in [5.74, 6) is -0.995. The van der Waals surface area contributed by atoms with Crippen molar-refractivity contribution in [1.82, 2.24) is 14.8 Å². The number of hydrogen-bond acceptors (Lipinski definition) is 3. The molecule has 0 amide bonds.